The van der Waals surface area contributed by atoms with Crippen molar-refractivity contribution in [1.29, 1.82) is 0 Å². The minimum absolute atomic E-state index is 0.479. The van der Waals surface area contributed by atoms with E-state index in [1.54, 1.807) is 0 Å². The summed E-state index contributed by atoms with van der Waals surface area (Å²) < 4.78 is 2.09. The smallest absolute Gasteiger partial charge is 0.0924 e. The summed E-state index contributed by atoms with van der Waals surface area (Å²) in [5.41, 5.74) is 4.97. The Balaban J connectivity index is 1.45. The van der Waals surface area contributed by atoms with Gasteiger partial charge in [0.05, 0.1) is 41.8 Å². The van der Waals surface area contributed by atoms with Crippen molar-refractivity contribution < 1.29 is 0 Å². The lowest BCUT2D eigenvalue weighted by Crippen LogP contribution is -2.29. The van der Waals surface area contributed by atoms with Crippen LogP contribution in [0.3, 0.4) is 0 Å². The molecule has 7 heteroatoms. The Kier molecular flexibility index (Phi) is 4.03. The number of hydrogen-bond acceptors (Lipinski definition) is 6. The third kappa shape index (κ3) is 2.93. The number of piperidine rings is 1. The van der Waals surface area contributed by atoms with E-state index in [-0.39, 0.29) is 0 Å². The Morgan fingerprint density at radius 1 is 1.00 bits per heavy atom. The number of aromatic nitrogens is 4. The van der Waals surface area contributed by atoms with E-state index in [1.807, 2.05) is 12.4 Å². The molecule has 2 N–H and O–H groups in total. The molecule has 2 aliphatic rings. The molecule has 0 spiro atoms. The van der Waals surface area contributed by atoms with Crippen molar-refractivity contribution in [2.75, 3.05) is 37.7 Å². The number of fused-ring (bicyclic) bond motifs is 1. The Morgan fingerprint density at radius 3 is 2.77 bits per heavy atom. The average Bonchev–Trinajstić information content (AvgIpc) is 3.40. The fourth-order valence-electron chi connectivity index (χ4n) is 3.80. The Bertz CT molecular complexity index is 907. The van der Waals surface area contributed by atoms with E-state index in [0.29, 0.717) is 6.04 Å². The average molecular weight is 349 g/mol. The Labute approximate surface area is 152 Å². The molecular weight excluding hydrogens is 326 g/mol. The molecule has 2 fully saturated rings. The van der Waals surface area contributed by atoms with Crippen molar-refractivity contribution in [1.82, 2.24) is 30.4 Å². The maximum Gasteiger partial charge on any atom is 0.0924 e. The minimum Gasteiger partial charge on any atom is -0.357 e. The summed E-state index contributed by atoms with van der Waals surface area (Å²) in [6, 6.07) is 6.79. The molecule has 134 valence electrons. The first-order valence-electron chi connectivity index (χ1n) is 9.34. The molecule has 4 heterocycles. The highest BCUT2D eigenvalue weighted by Crippen LogP contribution is 2.25. The summed E-state index contributed by atoms with van der Waals surface area (Å²) in [5, 5.41) is 11.3. The topological polar surface area (TPSA) is 70.9 Å². The number of nitrogens with one attached hydrogen (secondary N) is 2. The SMILES string of the molecule is c1nn(C2CCNCC2)cc1-c1cnc2ccc(N3CCNC3)cc2n1. The molecule has 0 unspecified atom stereocenters. The summed E-state index contributed by atoms with van der Waals surface area (Å²) >= 11 is 0. The van der Waals surface area contributed by atoms with E-state index >= 15 is 0 Å². The van der Waals surface area contributed by atoms with Crippen molar-refractivity contribution in [3.8, 4) is 11.3 Å². The van der Waals surface area contributed by atoms with Crippen LogP contribution in [0.15, 0.2) is 36.8 Å². The van der Waals surface area contributed by atoms with E-state index in [2.05, 4.69) is 54.7 Å². The predicted octanol–water partition coefficient (Wildman–Crippen LogP) is 1.78. The fraction of sp³-hybridized carbons (Fsp3) is 0.421. The number of anilines is 1. The quantitative estimate of drug-likeness (QED) is 0.751. The van der Waals surface area contributed by atoms with Gasteiger partial charge >= 0.3 is 0 Å². The number of nitrogens with zero attached hydrogens (tertiary/aromatic N) is 5. The first kappa shape index (κ1) is 15.7. The molecule has 3 aromatic rings. The van der Waals surface area contributed by atoms with Crippen LogP contribution < -0.4 is 15.5 Å². The molecule has 26 heavy (non-hydrogen) atoms. The molecule has 0 atom stereocenters. The summed E-state index contributed by atoms with van der Waals surface area (Å²) in [4.78, 5) is 11.8. The highest BCUT2D eigenvalue weighted by Gasteiger charge is 2.17. The Hall–Kier alpha value is -2.51. The van der Waals surface area contributed by atoms with Crippen LogP contribution in [-0.4, -0.2) is 52.6 Å². The number of benzene rings is 1. The van der Waals surface area contributed by atoms with Crippen LogP contribution in [0.2, 0.25) is 0 Å². The molecule has 0 aliphatic carbocycles. The second-order valence-corrected chi connectivity index (χ2v) is 7.04. The van der Waals surface area contributed by atoms with Crippen LogP contribution in [0.25, 0.3) is 22.3 Å². The molecule has 0 bridgehead atoms. The van der Waals surface area contributed by atoms with Gasteiger partial charge in [-0.05, 0) is 44.1 Å². The first-order valence-corrected chi connectivity index (χ1v) is 9.34. The third-order valence-corrected chi connectivity index (χ3v) is 5.33. The molecule has 0 saturated carbocycles. The molecule has 5 rings (SSSR count). The summed E-state index contributed by atoms with van der Waals surface area (Å²) in [6.07, 6.45) is 8.12. The van der Waals surface area contributed by atoms with Gasteiger partial charge in [-0.25, -0.2) is 4.98 Å². The van der Waals surface area contributed by atoms with Crippen molar-refractivity contribution >= 4 is 16.7 Å². The van der Waals surface area contributed by atoms with Crippen LogP contribution in [0.5, 0.6) is 0 Å². The molecule has 0 amide bonds. The molecule has 1 aromatic carbocycles. The van der Waals surface area contributed by atoms with Gasteiger partial charge in [0.1, 0.15) is 0 Å². The lowest BCUT2D eigenvalue weighted by molar-refractivity contribution is 0.343. The minimum atomic E-state index is 0.479. The largest absolute Gasteiger partial charge is 0.357 e. The highest BCUT2D eigenvalue weighted by molar-refractivity contribution is 5.81. The molecule has 2 aromatic heterocycles. The molecule has 0 radical (unpaired) electrons. The first-order chi connectivity index (χ1) is 12.9. The lowest BCUT2D eigenvalue weighted by Gasteiger charge is -2.22. The Morgan fingerprint density at radius 2 is 1.92 bits per heavy atom. The number of hydrogen-bond donors (Lipinski definition) is 2. The lowest BCUT2D eigenvalue weighted by atomic mass is 10.1. The second-order valence-electron chi connectivity index (χ2n) is 7.04. The summed E-state index contributed by atoms with van der Waals surface area (Å²) in [5.74, 6) is 0. The van der Waals surface area contributed by atoms with E-state index in [9.17, 15) is 0 Å². The molecule has 2 saturated heterocycles. The van der Waals surface area contributed by atoms with Crippen LogP contribution in [-0.2, 0) is 0 Å². The fourth-order valence-corrected chi connectivity index (χ4v) is 3.80. The van der Waals surface area contributed by atoms with Crippen LogP contribution in [0, 0.1) is 0 Å². The van der Waals surface area contributed by atoms with Crippen LogP contribution >= 0.6 is 0 Å². The van der Waals surface area contributed by atoms with E-state index in [4.69, 9.17) is 4.98 Å². The van der Waals surface area contributed by atoms with Crippen molar-refractivity contribution in [2.45, 2.75) is 18.9 Å². The zero-order valence-electron chi connectivity index (χ0n) is 14.7. The van der Waals surface area contributed by atoms with Crippen LogP contribution in [0.4, 0.5) is 5.69 Å². The number of rotatable bonds is 3. The van der Waals surface area contributed by atoms with Crippen molar-refractivity contribution in [3.05, 3.63) is 36.8 Å². The molecule has 2 aliphatic heterocycles. The van der Waals surface area contributed by atoms with E-state index < -0.39 is 0 Å². The third-order valence-electron chi connectivity index (χ3n) is 5.33. The highest BCUT2D eigenvalue weighted by atomic mass is 15.3. The van der Waals surface area contributed by atoms with E-state index in [1.165, 1.54) is 5.69 Å². The van der Waals surface area contributed by atoms with Gasteiger partial charge in [-0.1, -0.05) is 0 Å². The van der Waals surface area contributed by atoms with Gasteiger partial charge < -0.3 is 10.2 Å². The van der Waals surface area contributed by atoms with Crippen LogP contribution in [0.1, 0.15) is 18.9 Å². The van der Waals surface area contributed by atoms with Gasteiger partial charge in [-0.2, -0.15) is 5.10 Å². The van der Waals surface area contributed by atoms with Crippen molar-refractivity contribution in [2.24, 2.45) is 0 Å². The van der Waals surface area contributed by atoms with Gasteiger partial charge in [-0.3, -0.25) is 15.0 Å². The van der Waals surface area contributed by atoms with Gasteiger partial charge in [0.25, 0.3) is 0 Å². The zero-order chi connectivity index (χ0) is 17.3. The zero-order valence-corrected chi connectivity index (χ0v) is 14.7. The summed E-state index contributed by atoms with van der Waals surface area (Å²) in [6.45, 7) is 5.07. The predicted molar refractivity (Wildman–Crippen MR) is 102 cm³/mol. The molecular formula is C19H23N7. The summed E-state index contributed by atoms with van der Waals surface area (Å²) in [7, 11) is 0. The molecule has 7 nitrogen and oxygen atoms in total. The normalized spacial score (nSPS) is 18.7. The monoisotopic (exact) mass is 349 g/mol. The van der Waals surface area contributed by atoms with Gasteiger partial charge in [0, 0.05) is 30.5 Å². The maximum atomic E-state index is 4.86. The standard InChI is InChI=1S/C19H23N7/c1-2-17-18(9-16(1)25-8-7-21-13-25)24-19(11-22-17)14-10-23-26(12-14)15-3-5-20-6-4-15/h1-2,9-12,15,20-21H,3-8,13H2. The van der Waals surface area contributed by atoms with Crippen molar-refractivity contribution in [3.63, 3.8) is 0 Å². The van der Waals surface area contributed by atoms with E-state index in [0.717, 1.165) is 68.0 Å². The maximum absolute atomic E-state index is 4.86. The van der Waals surface area contributed by atoms with Gasteiger partial charge in [0.2, 0.25) is 0 Å². The van der Waals surface area contributed by atoms with Gasteiger partial charge in [-0.15, -0.1) is 0 Å². The second kappa shape index (κ2) is 6.66. The van der Waals surface area contributed by atoms with Gasteiger partial charge in [0.15, 0.2) is 0 Å².